The van der Waals surface area contributed by atoms with Gasteiger partial charge in [-0.15, -0.1) is 11.3 Å². The van der Waals surface area contributed by atoms with Crippen molar-refractivity contribution < 1.29 is 8.42 Å². The minimum atomic E-state index is -3.64. The van der Waals surface area contributed by atoms with Gasteiger partial charge in [-0.1, -0.05) is 11.6 Å². The lowest BCUT2D eigenvalue weighted by atomic mass is 10.7. The first-order valence-corrected chi connectivity index (χ1v) is 5.76. The monoisotopic (exact) mass is 216 g/mol. The Kier molecular flexibility index (Phi) is 2.24. The lowest BCUT2D eigenvalue weighted by molar-refractivity contribution is 0.610. The normalized spacial score (nSPS) is 11.8. The molecule has 0 aliphatic heterocycles. The van der Waals surface area contributed by atoms with Crippen molar-refractivity contribution in [1.29, 1.82) is 0 Å². The van der Waals surface area contributed by atoms with E-state index in [1.54, 1.807) is 5.38 Å². The van der Waals surface area contributed by atoms with Crippen molar-refractivity contribution in [3.8, 4) is 0 Å². The molecule has 0 unspecified atom stereocenters. The molecule has 0 aliphatic carbocycles. The molecule has 1 aromatic heterocycles. The van der Waals surface area contributed by atoms with Crippen molar-refractivity contribution in [2.75, 3.05) is 0 Å². The van der Waals surface area contributed by atoms with Crippen LogP contribution in [0.25, 0.3) is 0 Å². The molecule has 0 spiro atoms. The summed E-state index contributed by atoms with van der Waals surface area (Å²) in [6, 6.07) is 1.37. The zero-order valence-electron chi connectivity index (χ0n) is 4.54. The Morgan fingerprint density at radius 2 is 2.10 bits per heavy atom. The molecule has 10 heavy (non-hydrogen) atoms. The quantitative estimate of drug-likeness (QED) is 0.676. The van der Waals surface area contributed by atoms with Crippen molar-refractivity contribution in [1.82, 2.24) is 0 Å². The molecule has 0 fully saturated rings. The van der Waals surface area contributed by atoms with Gasteiger partial charge in [0.15, 0.2) is 0 Å². The van der Waals surface area contributed by atoms with Crippen LogP contribution in [0, 0.1) is 0 Å². The highest BCUT2D eigenvalue weighted by molar-refractivity contribution is 8.14. The zero-order valence-corrected chi connectivity index (χ0v) is 7.69. The third-order valence-electron chi connectivity index (χ3n) is 0.847. The lowest BCUT2D eigenvalue weighted by Crippen LogP contribution is -1.86. The summed E-state index contributed by atoms with van der Waals surface area (Å²) in [5, 5.41) is 1.57. The van der Waals surface area contributed by atoms with Crippen molar-refractivity contribution in [3.63, 3.8) is 0 Å². The summed E-state index contributed by atoms with van der Waals surface area (Å²) in [6.45, 7) is 0. The van der Waals surface area contributed by atoms with Crippen molar-refractivity contribution >= 4 is 42.7 Å². The highest BCUT2D eigenvalue weighted by Crippen LogP contribution is 2.29. The van der Waals surface area contributed by atoms with Crippen LogP contribution < -0.4 is 0 Å². The van der Waals surface area contributed by atoms with E-state index in [-0.39, 0.29) is 9.23 Å². The van der Waals surface area contributed by atoms with Gasteiger partial charge in [0.1, 0.15) is 9.23 Å². The first-order valence-electron chi connectivity index (χ1n) is 2.19. The van der Waals surface area contributed by atoms with Gasteiger partial charge in [-0.05, 0) is 11.4 Å². The van der Waals surface area contributed by atoms with E-state index in [1.165, 1.54) is 6.07 Å². The molecule has 0 N–H and O–H groups in total. The number of halogens is 2. The first kappa shape index (κ1) is 8.33. The van der Waals surface area contributed by atoms with Crippen LogP contribution in [0.1, 0.15) is 0 Å². The van der Waals surface area contributed by atoms with E-state index in [1.807, 2.05) is 0 Å². The fourth-order valence-electron chi connectivity index (χ4n) is 0.456. The topological polar surface area (TPSA) is 34.1 Å². The minimum absolute atomic E-state index is 0.0131. The van der Waals surface area contributed by atoms with Gasteiger partial charge in [-0.3, -0.25) is 0 Å². The second-order valence-electron chi connectivity index (χ2n) is 1.50. The molecule has 1 rings (SSSR count). The number of hydrogen-bond acceptors (Lipinski definition) is 3. The van der Waals surface area contributed by atoms with Gasteiger partial charge in [0.05, 0.1) is 0 Å². The van der Waals surface area contributed by atoms with Crippen LogP contribution in [0.2, 0.25) is 4.34 Å². The van der Waals surface area contributed by atoms with Gasteiger partial charge in [-0.25, -0.2) is 8.42 Å². The SMILES string of the molecule is O=S(=O)(Cl)c1ccsc1Cl. The van der Waals surface area contributed by atoms with Crippen LogP contribution >= 0.6 is 33.6 Å². The average Bonchev–Trinajstić information content (AvgIpc) is 2.11. The lowest BCUT2D eigenvalue weighted by Gasteiger charge is -1.87. The Morgan fingerprint density at radius 1 is 1.50 bits per heavy atom. The van der Waals surface area contributed by atoms with Crippen LogP contribution in [-0.4, -0.2) is 8.42 Å². The third kappa shape index (κ3) is 1.63. The van der Waals surface area contributed by atoms with E-state index in [0.717, 1.165) is 11.3 Å². The summed E-state index contributed by atoms with van der Waals surface area (Å²) in [4.78, 5) is -0.0131. The maximum Gasteiger partial charge on any atom is 0.263 e. The Hall–Kier alpha value is 0.230. The van der Waals surface area contributed by atoms with E-state index >= 15 is 0 Å². The largest absolute Gasteiger partial charge is 0.263 e. The zero-order chi connectivity index (χ0) is 7.78. The standard InChI is InChI=1S/C4H2Cl2O2S2/c5-4-3(1-2-9-4)10(6,7)8/h1-2H. The molecule has 0 bridgehead atoms. The molecule has 6 heteroatoms. The summed E-state index contributed by atoms with van der Waals surface area (Å²) >= 11 is 6.61. The molecule has 2 nitrogen and oxygen atoms in total. The maximum atomic E-state index is 10.6. The van der Waals surface area contributed by atoms with Gasteiger partial charge < -0.3 is 0 Å². The predicted molar refractivity (Wildman–Crippen MR) is 42.4 cm³/mol. The fraction of sp³-hybridized carbons (Fsp3) is 0. The number of thiophene rings is 1. The summed E-state index contributed by atoms with van der Waals surface area (Å²) in [5.41, 5.74) is 0. The van der Waals surface area contributed by atoms with Crippen LogP contribution in [-0.2, 0) is 9.05 Å². The van der Waals surface area contributed by atoms with Gasteiger partial charge in [0.2, 0.25) is 0 Å². The van der Waals surface area contributed by atoms with Crippen LogP contribution in [0.3, 0.4) is 0 Å². The van der Waals surface area contributed by atoms with Crippen molar-refractivity contribution in [3.05, 3.63) is 15.8 Å². The second kappa shape index (κ2) is 2.70. The first-order chi connectivity index (χ1) is 4.52. The van der Waals surface area contributed by atoms with Crippen LogP contribution in [0.5, 0.6) is 0 Å². The highest BCUT2D eigenvalue weighted by Gasteiger charge is 2.14. The Morgan fingerprint density at radius 3 is 2.30 bits per heavy atom. The van der Waals surface area contributed by atoms with Crippen molar-refractivity contribution in [2.45, 2.75) is 4.90 Å². The third-order valence-corrected chi connectivity index (χ3v) is 3.62. The minimum Gasteiger partial charge on any atom is -0.207 e. The van der Waals surface area contributed by atoms with E-state index in [9.17, 15) is 8.42 Å². The summed E-state index contributed by atoms with van der Waals surface area (Å²) in [6.07, 6.45) is 0. The predicted octanol–water partition coefficient (Wildman–Crippen LogP) is 2.33. The maximum absolute atomic E-state index is 10.6. The van der Waals surface area contributed by atoms with Crippen LogP contribution in [0.15, 0.2) is 16.3 Å². The molecule has 1 heterocycles. The van der Waals surface area contributed by atoms with E-state index < -0.39 is 9.05 Å². The molecular formula is C4H2Cl2O2S2. The smallest absolute Gasteiger partial charge is 0.207 e. The van der Waals surface area contributed by atoms with Crippen molar-refractivity contribution in [2.24, 2.45) is 0 Å². The van der Waals surface area contributed by atoms with Crippen LogP contribution in [0.4, 0.5) is 0 Å². The van der Waals surface area contributed by atoms with Gasteiger partial charge >= 0.3 is 0 Å². The molecule has 0 aliphatic rings. The molecule has 0 amide bonds. The summed E-state index contributed by atoms with van der Waals surface area (Å²) in [7, 11) is 1.36. The molecule has 0 saturated carbocycles. The van der Waals surface area contributed by atoms with Gasteiger partial charge in [-0.2, -0.15) is 0 Å². The summed E-state index contributed by atoms with van der Waals surface area (Å²) in [5.74, 6) is 0. The summed E-state index contributed by atoms with van der Waals surface area (Å²) < 4.78 is 21.4. The van der Waals surface area contributed by atoms with E-state index in [0.29, 0.717) is 0 Å². The fourth-order valence-corrected chi connectivity index (χ4v) is 3.11. The average molecular weight is 217 g/mol. The van der Waals surface area contributed by atoms with Gasteiger partial charge in [0, 0.05) is 10.7 Å². The Bertz CT molecular complexity index is 327. The second-order valence-corrected chi connectivity index (χ2v) is 5.55. The molecule has 0 saturated heterocycles. The van der Waals surface area contributed by atoms with E-state index in [4.69, 9.17) is 22.3 Å². The number of hydrogen-bond donors (Lipinski definition) is 0. The molecule has 0 radical (unpaired) electrons. The highest BCUT2D eigenvalue weighted by atomic mass is 35.7. The Labute approximate surface area is 71.8 Å². The van der Waals surface area contributed by atoms with E-state index in [2.05, 4.69) is 0 Å². The number of rotatable bonds is 1. The van der Waals surface area contributed by atoms with Gasteiger partial charge in [0.25, 0.3) is 9.05 Å². The molecule has 56 valence electrons. The molecular weight excluding hydrogens is 215 g/mol. The molecule has 0 aromatic carbocycles. The molecule has 0 atom stereocenters. The molecule has 1 aromatic rings. The Balaban J connectivity index is 3.32.